The lowest BCUT2D eigenvalue weighted by molar-refractivity contribution is -0.120. The molecule has 0 bridgehead atoms. The molecule has 0 rings (SSSR count). The summed E-state index contributed by atoms with van der Waals surface area (Å²) in [6, 6.07) is 0. The fourth-order valence-corrected chi connectivity index (χ4v) is 0.976. The molecule has 0 heterocycles. The molecule has 0 fully saturated rings. The van der Waals surface area contributed by atoms with Crippen molar-refractivity contribution in [1.82, 2.24) is 5.32 Å². The highest BCUT2D eigenvalue weighted by molar-refractivity contribution is 5.75. The molecule has 13 heavy (non-hydrogen) atoms. The van der Waals surface area contributed by atoms with Crippen LogP contribution in [0, 0.1) is 0 Å². The Morgan fingerprint density at radius 3 is 2.77 bits per heavy atom. The minimum absolute atomic E-state index is 0.134. The molecule has 0 aromatic heterocycles. The molecule has 0 saturated heterocycles. The molecule has 3 N–H and O–H groups in total. The molecule has 0 spiro atoms. The molecule has 3 heteroatoms. The average molecular weight is 184 g/mol. The summed E-state index contributed by atoms with van der Waals surface area (Å²) in [6.45, 7) is 3.26. The molecule has 0 atom stereocenters. The summed E-state index contributed by atoms with van der Waals surface area (Å²) in [5.41, 5.74) is 5.24. The standard InChI is InChI=1S/C10H20N2O/c1-2-3-4-7-10(13)12-9-6-5-8-11/h5-6H,2-4,7-9,11H2,1H3,(H,12,13)/b6-5+. The van der Waals surface area contributed by atoms with Crippen LogP contribution in [0.4, 0.5) is 0 Å². The third-order valence-electron chi connectivity index (χ3n) is 1.73. The number of rotatable bonds is 7. The number of nitrogens with two attached hydrogens (primary N) is 1. The highest BCUT2D eigenvalue weighted by Gasteiger charge is 1.97. The fraction of sp³-hybridized carbons (Fsp3) is 0.700. The van der Waals surface area contributed by atoms with Gasteiger partial charge in [0, 0.05) is 19.5 Å². The van der Waals surface area contributed by atoms with E-state index in [0.29, 0.717) is 19.5 Å². The Bertz CT molecular complexity index is 155. The summed E-state index contributed by atoms with van der Waals surface area (Å²) in [7, 11) is 0. The second-order valence-corrected chi connectivity index (χ2v) is 2.97. The van der Waals surface area contributed by atoms with Crippen LogP contribution in [0.5, 0.6) is 0 Å². The number of unbranched alkanes of at least 4 members (excludes halogenated alkanes) is 2. The highest BCUT2D eigenvalue weighted by atomic mass is 16.1. The average Bonchev–Trinajstić information content (AvgIpc) is 2.13. The molecule has 0 aliphatic rings. The largest absolute Gasteiger partial charge is 0.353 e. The third-order valence-corrected chi connectivity index (χ3v) is 1.73. The van der Waals surface area contributed by atoms with Gasteiger partial charge in [0.05, 0.1) is 0 Å². The van der Waals surface area contributed by atoms with E-state index in [1.165, 1.54) is 0 Å². The molecule has 0 aromatic carbocycles. The van der Waals surface area contributed by atoms with Gasteiger partial charge in [-0.15, -0.1) is 0 Å². The summed E-state index contributed by atoms with van der Waals surface area (Å²) < 4.78 is 0. The molecule has 76 valence electrons. The van der Waals surface area contributed by atoms with Crippen LogP contribution >= 0.6 is 0 Å². The minimum Gasteiger partial charge on any atom is -0.353 e. The fourth-order valence-electron chi connectivity index (χ4n) is 0.976. The summed E-state index contributed by atoms with van der Waals surface area (Å²) >= 11 is 0. The first-order valence-electron chi connectivity index (χ1n) is 4.93. The van der Waals surface area contributed by atoms with E-state index in [0.717, 1.165) is 19.3 Å². The van der Waals surface area contributed by atoms with Crippen molar-refractivity contribution < 1.29 is 4.79 Å². The lowest BCUT2D eigenvalue weighted by atomic mass is 10.2. The molecule has 0 aromatic rings. The maximum Gasteiger partial charge on any atom is 0.220 e. The van der Waals surface area contributed by atoms with Gasteiger partial charge in [0.2, 0.25) is 5.91 Å². The second kappa shape index (κ2) is 9.26. The smallest absolute Gasteiger partial charge is 0.220 e. The summed E-state index contributed by atoms with van der Waals surface area (Å²) in [5.74, 6) is 0.134. The van der Waals surface area contributed by atoms with Crippen molar-refractivity contribution in [2.75, 3.05) is 13.1 Å². The van der Waals surface area contributed by atoms with Crippen molar-refractivity contribution in [3.05, 3.63) is 12.2 Å². The van der Waals surface area contributed by atoms with Crippen molar-refractivity contribution in [1.29, 1.82) is 0 Å². The third kappa shape index (κ3) is 9.08. The Morgan fingerprint density at radius 1 is 1.38 bits per heavy atom. The number of carbonyl (C=O) groups is 1. The van der Waals surface area contributed by atoms with Crippen molar-refractivity contribution in [2.45, 2.75) is 32.6 Å². The van der Waals surface area contributed by atoms with Gasteiger partial charge in [-0.25, -0.2) is 0 Å². The van der Waals surface area contributed by atoms with Gasteiger partial charge in [0.25, 0.3) is 0 Å². The van der Waals surface area contributed by atoms with Crippen molar-refractivity contribution in [2.24, 2.45) is 5.73 Å². The van der Waals surface area contributed by atoms with Crippen LogP contribution in [0.25, 0.3) is 0 Å². The minimum atomic E-state index is 0.134. The molecule has 3 nitrogen and oxygen atoms in total. The quantitative estimate of drug-likeness (QED) is 0.461. The number of carbonyl (C=O) groups excluding carboxylic acids is 1. The number of hydrogen-bond acceptors (Lipinski definition) is 2. The molecule has 0 saturated carbocycles. The molecule has 0 unspecified atom stereocenters. The van der Waals surface area contributed by atoms with Gasteiger partial charge in [-0.05, 0) is 6.42 Å². The molecular weight excluding hydrogens is 164 g/mol. The zero-order chi connectivity index (χ0) is 9.94. The summed E-state index contributed by atoms with van der Waals surface area (Å²) in [6.07, 6.45) is 7.63. The Morgan fingerprint density at radius 2 is 2.15 bits per heavy atom. The Kier molecular flexibility index (Phi) is 8.67. The van der Waals surface area contributed by atoms with Crippen LogP contribution in [0.1, 0.15) is 32.6 Å². The predicted octanol–water partition coefficient (Wildman–Crippen LogP) is 1.20. The monoisotopic (exact) mass is 184 g/mol. The molecule has 0 aliphatic heterocycles. The maximum absolute atomic E-state index is 11.1. The Balaban J connectivity index is 3.25. The lowest BCUT2D eigenvalue weighted by Crippen LogP contribution is -2.22. The van der Waals surface area contributed by atoms with Gasteiger partial charge in [-0.1, -0.05) is 31.9 Å². The van der Waals surface area contributed by atoms with Crippen LogP contribution in [-0.4, -0.2) is 19.0 Å². The van der Waals surface area contributed by atoms with Gasteiger partial charge in [-0.2, -0.15) is 0 Å². The van der Waals surface area contributed by atoms with Gasteiger partial charge < -0.3 is 11.1 Å². The van der Waals surface area contributed by atoms with Crippen LogP contribution < -0.4 is 11.1 Å². The van der Waals surface area contributed by atoms with E-state index >= 15 is 0 Å². The lowest BCUT2D eigenvalue weighted by Gasteiger charge is -2.00. The normalized spacial score (nSPS) is 10.6. The molecular formula is C10H20N2O. The topological polar surface area (TPSA) is 55.1 Å². The van der Waals surface area contributed by atoms with Crippen LogP contribution in [0.3, 0.4) is 0 Å². The maximum atomic E-state index is 11.1. The van der Waals surface area contributed by atoms with E-state index in [-0.39, 0.29) is 5.91 Å². The van der Waals surface area contributed by atoms with Gasteiger partial charge in [0.15, 0.2) is 0 Å². The van der Waals surface area contributed by atoms with E-state index in [1.807, 2.05) is 12.2 Å². The Labute approximate surface area is 80.4 Å². The van der Waals surface area contributed by atoms with Crippen LogP contribution in [0.2, 0.25) is 0 Å². The van der Waals surface area contributed by atoms with Gasteiger partial charge in [-0.3, -0.25) is 4.79 Å². The zero-order valence-corrected chi connectivity index (χ0v) is 8.38. The van der Waals surface area contributed by atoms with Gasteiger partial charge in [0.1, 0.15) is 0 Å². The van der Waals surface area contributed by atoms with E-state index < -0.39 is 0 Å². The highest BCUT2D eigenvalue weighted by Crippen LogP contribution is 1.97. The van der Waals surface area contributed by atoms with Crippen LogP contribution in [0.15, 0.2) is 12.2 Å². The zero-order valence-electron chi connectivity index (χ0n) is 8.38. The van der Waals surface area contributed by atoms with Crippen LogP contribution in [-0.2, 0) is 4.79 Å². The number of hydrogen-bond donors (Lipinski definition) is 2. The van der Waals surface area contributed by atoms with Crippen molar-refractivity contribution >= 4 is 5.91 Å². The molecule has 0 aliphatic carbocycles. The number of nitrogens with one attached hydrogen (secondary N) is 1. The predicted molar refractivity (Wildman–Crippen MR) is 55.3 cm³/mol. The summed E-state index contributed by atoms with van der Waals surface area (Å²) in [5, 5.41) is 2.80. The van der Waals surface area contributed by atoms with Crippen molar-refractivity contribution in [3.8, 4) is 0 Å². The van der Waals surface area contributed by atoms with Gasteiger partial charge >= 0.3 is 0 Å². The first-order chi connectivity index (χ1) is 6.31. The first-order valence-corrected chi connectivity index (χ1v) is 4.93. The van der Waals surface area contributed by atoms with E-state index in [9.17, 15) is 4.79 Å². The van der Waals surface area contributed by atoms with Crippen molar-refractivity contribution in [3.63, 3.8) is 0 Å². The first kappa shape index (κ1) is 12.2. The van der Waals surface area contributed by atoms with E-state index in [1.54, 1.807) is 0 Å². The number of amides is 1. The SMILES string of the molecule is CCCCCC(=O)NC/C=C/CN. The second-order valence-electron chi connectivity index (χ2n) is 2.97. The molecule has 1 amide bonds. The Hall–Kier alpha value is -0.830. The van der Waals surface area contributed by atoms with E-state index in [4.69, 9.17) is 5.73 Å². The summed E-state index contributed by atoms with van der Waals surface area (Å²) in [4.78, 5) is 11.1. The van der Waals surface area contributed by atoms with E-state index in [2.05, 4.69) is 12.2 Å². The molecule has 0 radical (unpaired) electrons.